The van der Waals surface area contributed by atoms with E-state index in [1.54, 1.807) is 6.07 Å². The van der Waals surface area contributed by atoms with Gasteiger partial charge in [-0.15, -0.1) is 0 Å². The first-order valence-electron chi connectivity index (χ1n) is 6.55. The zero-order valence-electron chi connectivity index (χ0n) is 11.3. The smallest absolute Gasteiger partial charge is 0.104 e. The maximum absolute atomic E-state index is 6.23. The van der Waals surface area contributed by atoms with Crippen molar-refractivity contribution in [3.63, 3.8) is 0 Å². The summed E-state index contributed by atoms with van der Waals surface area (Å²) in [7, 11) is 0. The van der Waals surface area contributed by atoms with Gasteiger partial charge in [0.15, 0.2) is 0 Å². The summed E-state index contributed by atoms with van der Waals surface area (Å²) in [5, 5.41) is 3.90. The standard InChI is InChI=1S/C16H17ClN2S/c1-2-3-11-4-7-13(8-5-11)19-15-9-6-12(16(18)20)10-14(15)17/h4-10,19H,2-3H2,1H3,(H2,18,20). The van der Waals surface area contributed by atoms with Crippen LogP contribution in [0.1, 0.15) is 24.5 Å². The zero-order valence-corrected chi connectivity index (χ0v) is 12.9. The highest BCUT2D eigenvalue weighted by atomic mass is 35.5. The van der Waals surface area contributed by atoms with E-state index in [-0.39, 0.29) is 0 Å². The molecule has 2 aromatic rings. The quantitative estimate of drug-likeness (QED) is 0.788. The van der Waals surface area contributed by atoms with Crippen molar-refractivity contribution in [3.8, 4) is 0 Å². The fraction of sp³-hybridized carbons (Fsp3) is 0.188. The van der Waals surface area contributed by atoms with Crippen LogP contribution in [0, 0.1) is 0 Å². The first-order valence-corrected chi connectivity index (χ1v) is 7.34. The van der Waals surface area contributed by atoms with Crippen LogP contribution in [0.25, 0.3) is 0 Å². The molecule has 0 fully saturated rings. The minimum Gasteiger partial charge on any atom is -0.389 e. The molecule has 0 aliphatic heterocycles. The molecule has 104 valence electrons. The van der Waals surface area contributed by atoms with E-state index in [1.807, 2.05) is 12.1 Å². The van der Waals surface area contributed by atoms with E-state index in [4.69, 9.17) is 29.6 Å². The SMILES string of the molecule is CCCc1ccc(Nc2ccc(C(N)=S)cc2Cl)cc1. The Balaban J connectivity index is 2.15. The Bertz CT molecular complexity index is 608. The first kappa shape index (κ1) is 14.8. The van der Waals surface area contributed by atoms with E-state index >= 15 is 0 Å². The van der Waals surface area contributed by atoms with Crippen LogP contribution in [-0.4, -0.2) is 4.99 Å². The zero-order chi connectivity index (χ0) is 14.5. The number of hydrogen-bond donors (Lipinski definition) is 2. The first-order chi connectivity index (χ1) is 9.60. The topological polar surface area (TPSA) is 38.0 Å². The molecular weight excluding hydrogens is 288 g/mol. The number of nitrogens with two attached hydrogens (primary N) is 1. The van der Waals surface area contributed by atoms with Crippen LogP contribution in [0.5, 0.6) is 0 Å². The van der Waals surface area contributed by atoms with Crippen molar-refractivity contribution in [2.45, 2.75) is 19.8 Å². The Morgan fingerprint density at radius 2 is 1.90 bits per heavy atom. The van der Waals surface area contributed by atoms with Gasteiger partial charge in [0.1, 0.15) is 4.99 Å². The number of halogens is 1. The minimum absolute atomic E-state index is 0.349. The molecule has 0 aromatic heterocycles. The number of aryl methyl sites for hydroxylation is 1. The molecule has 0 atom stereocenters. The highest BCUT2D eigenvalue weighted by Crippen LogP contribution is 2.26. The molecule has 0 radical (unpaired) electrons. The maximum Gasteiger partial charge on any atom is 0.104 e. The molecule has 0 aliphatic carbocycles. The van der Waals surface area contributed by atoms with Crippen molar-refractivity contribution in [2.24, 2.45) is 5.73 Å². The molecule has 4 heteroatoms. The summed E-state index contributed by atoms with van der Waals surface area (Å²) >= 11 is 11.2. The Morgan fingerprint density at radius 1 is 1.20 bits per heavy atom. The van der Waals surface area contributed by atoms with Gasteiger partial charge in [0.25, 0.3) is 0 Å². The van der Waals surface area contributed by atoms with Crippen molar-refractivity contribution < 1.29 is 0 Å². The Kier molecular flexibility index (Phi) is 4.99. The molecule has 0 saturated carbocycles. The molecule has 0 unspecified atom stereocenters. The van der Waals surface area contributed by atoms with Crippen molar-refractivity contribution in [3.05, 3.63) is 58.6 Å². The number of rotatable bonds is 5. The molecule has 2 nitrogen and oxygen atoms in total. The fourth-order valence-electron chi connectivity index (χ4n) is 1.97. The van der Waals surface area contributed by atoms with Gasteiger partial charge in [0.05, 0.1) is 10.7 Å². The van der Waals surface area contributed by atoms with Gasteiger partial charge in [-0.05, 0) is 42.3 Å². The second-order valence-corrected chi connectivity index (χ2v) is 5.48. The van der Waals surface area contributed by atoms with Crippen molar-refractivity contribution >= 4 is 40.2 Å². The van der Waals surface area contributed by atoms with E-state index in [0.29, 0.717) is 10.0 Å². The maximum atomic E-state index is 6.23. The normalized spacial score (nSPS) is 10.3. The van der Waals surface area contributed by atoms with Gasteiger partial charge < -0.3 is 11.1 Å². The van der Waals surface area contributed by atoms with Gasteiger partial charge >= 0.3 is 0 Å². The van der Waals surface area contributed by atoms with Crippen LogP contribution in [0.3, 0.4) is 0 Å². The lowest BCUT2D eigenvalue weighted by atomic mass is 10.1. The van der Waals surface area contributed by atoms with Crippen LogP contribution < -0.4 is 11.1 Å². The van der Waals surface area contributed by atoms with E-state index in [1.165, 1.54) is 5.56 Å². The molecule has 0 aliphatic rings. The minimum atomic E-state index is 0.349. The average molecular weight is 305 g/mol. The van der Waals surface area contributed by atoms with Crippen LogP contribution in [0.15, 0.2) is 42.5 Å². The summed E-state index contributed by atoms with van der Waals surface area (Å²) in [5.74, 6) is 0. The van der Waals surface area contributed by atoms with E-state index in [2.05, 4.69) is 36.5 Å². The summed E-state index contributed by atoms with van der Waals surface area (Å²) in [6.45, 7) is 2.18. The Hall–Kier alpha value is -1.58. The van der Waals surface area contributed by atoms with E-state index in [9.17, 15) is 0 Å². The van der Waals surface area contributed by atoms with Crippen molar-refractivity contribution in [1.82, 2.24) is 0 Å². The number of hydrogen-bond acceptors (Lipinski definition) is 2. The van der Waals surface area contributed by atoms with Crippen LogP contribution >= 0.6 is 23.8 Å². The highest BCUT2D eigenvalue weighted by Gasteiger charge is 2.04. The third-order valence-electron chi connectivity index (χ3n) is 3.03. The molecule has 2 aromatic carbocycles. The van der Waals surface area contributed by atoms with Gasteiger partial charge in [0, 0.05) is 11.3 Å². The van der Waals surface area contributed by atoms with Gasteiger partial charge in [-0.1, -0.05) is 49.3 Å². The lowest BCUT2D eigenvalue weighted by Gasteiger charge is -2.10. The lowest BCUT2D eigenvalue weighted by Crippen LogP contribution is -2.09. The van der Waals surface area contributed by atoms with Crippen LogP contribution in [-0.2, 0) is 6.42 Å². The second kappa shape index (κ2) is 6.73. The summed E-state index contributed by atoms with van der Waals surface area (Å²) in [4.78, 5) is 0.349. The van der Waals surface area contributed by atoms with E-state index < -0.39 is 0 Å². The number of benzene rings is 2. The van der Waals surface area contributed by atoms with Crippen LogP contribution in [0.4, 0.5) is 11.4 Å². The number of anilines is 2. The molecular formula is C16H17ClN2S. The molecule has 0 spiro atoms. The number of nitrogens with one attached hydrogen (secondary N) is 1. The molecule has 0 heterocycles. The summed E-state index contributed by atoms with van der Waals surface area (Å²) in [6.07, 6.45) is 2.25. The average Bonchev–Trinajstić information content (AvgIpc) is 2.43. The number of thiocarbonyl (C=S) groups is 1. The Morgan fingerprint density at radius 3 is 2.45 bits per heavy atom. The lowest BCUT2D eigenvalue weighted by molar-refractivity contribution is 0.922. The Labute approximate surface area is 130 Å². The highest BCUT2D eigenvalue weighted by molar-refractivity contribution is 7.80. The van der Waals surface area contributed by atoms with Crippen molar-refractivity contribution in [2.75, 3.05) is 5.32 Å². The van der Waals surface area contributed by atoms with Crippen LogP contribution in [0.2, 0.25) is 5.02 Å². The van der Waals surface area contributed by atoms with Gasteiger partial charge in [-0.2, -0.15) is 0 Å². The van der Waals surface area contributed by atoms with Gasteiger partial charge in [0.2, 0.25) is 0 Å². The van der Waals surface area contributed by atoms with Gasteiger partial charge in [-0.25, -0.2) is 0 Å². The fourth-order valence-corrected chi connectivity index (χ4v) is 2.32. The molecule has 0 bridgehead atoms. The third kappa shape index (κ3) is 3.71. The largest absolute Gasteiger partial charge is 0.389 e. The molecule has 20 heavy (non-hydrogen) atoms. The van der Waals surface area contributed by atoms with E-state index in [0.717, 1.165) is 29.8 Å². The summed E-state index contributed by atoms with van der Waals surface area (Å²) < 4.78 is 0. The molecule has 3 N–H and O–H groups in total. The molecule has 0 saturated heterocycles. The summed E-state index contributed by atoms with van der Waals surface area (Å²) in [5.41, 5.74) is 9.55. The molecule has 2 rings (SSSR count). The predicted molar refractivity (Wildman–Crippen MR) is 91.1 cm³/mol. The molecule has 0 amide bonds. The van der Waals surface area contributed by atoms with Gasteiger partial charge in [-0.3, -0.25) is 0 Å². The predicted octanol–water partition coefficient (Wildman–Crippen LogP) is 4.67. The third-order valence-corrected chi connectivity index (χ3v) is 3.57. The second-order valence-electron chi connectivity index (χ2n) is 4.63. The monoisotopic (exact) mass is 304 g/mol. The summed E-state index contributed by atoms with van der Waals surface area (Å²) in [6, 6.07) is 13.9. The van der Waals surface area contributed by atoms with Crippen molar-refractivity contribution in [1.29, 1.82) is 0 Å².